The Morgan fingerprint density at radius 1 is 1.35 bits per heavy atom. The lowest BCUT2D eigenvalue weighted by atomic mass is 9.86. The molecule has 1 fully saturated rings. The minimum absolute atomic E-state index is 0.0387. The zero-order valence-electron chi connectivity index (χ0n) is 21.5. The summed E-state index contributed by atoms with van der Waals surface area (Å²) in [6, 6.07) is 6.23. The molecular formula is C29H41NO4. The summed E-state index contributed by atoms with van der Waals surface area (Å²) < 4.78 is 6.36. The number of nitrogens with zero attached hydrogens (tertiary/aromatic N) is 1. The lowest BCUT2D eigenvalue weighted by Gasteiger charge is -2.32. The Morgan fingerprint density at radius 2 is 2.09 bits per heavy atom. The molecule has 0 bridgehead atoms. The SMILES string of the molecule is CC#CC[C@@H](C)[C@H](O)/C=C/[C@@H]1[C@H]2c3cccc(CCCC(=O)N(C)C(C)(C)C)c3O[C@H]2C[C@H]1O. The number of amides is 1. The fourth-order valence-corrected chi connectivity index (χ4v) is 4.95. The molecule has 6 atom stereocenters. The van der Waals surface area contributed by atoms with Gasteiger partial charge in [0.15, 0.2) is 0 Å². The number of fused-ring (bicyclic) bond motifs is 3. The van der Waals surface area contributed by atoms with Gasteiger partial charge in [-0.2, -0.15) is 0 Å². The summed E-state index contributed by atoms with van der Waals surface area (Å²) in [5, 5.41) is 21.2. The molecule has 34 heavy (non-hydrogen) atoms. The fourth-order valence-electron chi connectivity index (χ4n) is 4.95. The number of benzene rings is 1. The van der Waals surface area contributed by atoms with Crippen molar-refractivity contribution in [2.75, 3.05) is 7.05 Å². The first-order chi connectivity index (χ1) is 16.0. The maximum Gasteiger partial charge on any atom is 0.222 e. The van der Waals surface area contributed by atoms with Crippen molar-refractivity contribution in [3.63, 3.8) is 0 Å². The van der Waals surface area contributed by atoms with Crippen LogP contribution in [0.3, 0.4) is 0 Å². The molecule has 1 aromatic carbocycles. The maximum atomic E-state index is 12.5. The molecule has 1 aliphatic carbocycles. The van der Waals surface area contributed by atoms with Crippen molar-refractivity contribution in [3.05, 3.63) is 41.5 Å². The molecule has 0 spiro atoms. The summed E-state index contributed by atoms with van der Waals surface area (Å²) >= 11 is 0. The first-order valence-corrected chi connectivity index (χ1v) is 12.5. The first-order valence-electron chi connectivity index (χ1n) is 12.5. The molecule has 1 heterocycles. The van der Waals surface area contributed by atoms with Crippen molar-refractivity contribution in [3.8, 4) is 17.6 Å². The predicted molar refractivity (Wildman–Crippen MR) is 136 cm³/mol. The number of carbonyl (C=O) groups is 1. The van der Waals surface area contributed by atoms with Crippen LogP contribution in [0.25, 0.3) is 0 Å². The average molecular weight is 468 g/mol. The number of aliphatic hydroxyl groups excluding tert-OH is 2. The molecule has 1 amide bonds. The normalized spacial score (nSPS) is 25.2. The Hall–Kier alpha value is -2.29. The molecule has 2 aliphatic rings. The average Bonchev–Trinajstić information content (AvgIpc) is 3.29. The van der Waals surface area contributed by atoms with E-state index in [9.17, 15) is 15.0 Å². The lowest BCUT2D eigenvalue weighted by molar-refractivity contribution is -0.134. The van der Waals surface area contributed by atoms with Crippen LogP contribution in [0, 0.1) is 23.7 Å². The van der Waals surface area contributed by atoms with Crippen molar-refractivity contribution < 1.29 is 19.7 Å². The summed E-state index contributed by atoms with van der Waals surface area (Å²) in [6.45, 7) is 9.91. The van der Waals surface area contributed by atoms with E-state index in [4.69, 9.17) is 4.74 Å². The Morgan fingerprint density at radius 3 is 2.76 bits per heavy atom. The lowest BCUT2D eigenvalue weighted by Crippen LogP contribution is -2.42. The smallest absolute Gasteiger partial charge is 0.222 e. The van der Waals surface area contributed by atoms with E-state index in [0.29, 0.717) is 19.3 Å². The summed E-state index contributed by atoms with van der Waals surface area (Å²) in [5.74, 6) is 7.00. The van der Waals surface area contributed by atoms with Crippen LogP contribution in [-0.4, -0.2) is 51.9 Å². The Bertz CT molecular complexity index is 951. The van der Waals surface area contributed by atoms with Crippen LogP contribution >= 0.6 is 0 Å². The monoisotopic (exact) mass is 467 g/mol. The predicted octanol–water partition coefficient (Wildman–Crippen LogP) is 4.46. The number of hydrogen-bond acceptors (Lipinski definition) is 4. The highest BCUT2D eigenvalue weighted by molar-refractivity contribution is 5.76. The van der Waals surface area contributed by atoms with Crippen molar-refractivity contribution in [2.45, 2.75) is 96.5 Å². The van der Waals surface area contributed by atoms with Crippen molar-refractivity contribution in [1.82, 2.24) is 4.90 Å². The number of ether oxygens (including phenoxy) is 1. The highest BCUT2D eigenvalue weighted by Gasteiger charge is 2.48. The van der Waals surface area contributed by atoms with E-state index in [1.54, 1.807) is 6.92 Å². The fraction of sp³-hybridized carbons (Fsp3) is 0.621. The first kappa shape index (κ1) is 26.3. The molecule has 3 rings (SSSR count). The molecule has 0 unspecified atom stereocenters. The molecule has 186 valence electrons. The summed E-state index contributed by atoms with van der Waals surface area (Å²) in [5.41, 5.74) is 2.08. The minimum atomic E-state index is -0.594. The number of para-hydroxylation sites is 1. The largest absolute Gasteiger partial charge is 0.489 e. The van der Waals surface area contributed by atoms with Crippen molar-refractivity contribution in [1.29, 1.82) is 0 Å². The Labute approximate surface area is 205 Å². The number of carbonyl (C=O) groups excluding carboxylic acids is 1. The van der Waals surface area contributed by atoms with E-state index in [1.807, 2.05) is 51.8 Å². The van der Waals surface area contributed by atoms with Crippen LogP contribution in [0.5, 0.6) is 5.75 Å². The van der Waals surface area contributed by atoms with Crippen LogP contribution in [0.15, 0.2) is 30.4 Å². The molecule has 0 aromatic heterocycles. The number of aliphatic hydroxyl groups is 2. The molecular weight excluding hydrogens is 426 g/mol. The summed E-state index contributed by atoms with van der Waals surface area (Å²) in [4.78, 5) is 14.3. The van der Waals surface area contributed by atoms with Crippen LogP contribution in [0.2, 0.25) is 0 Å². The van der Waals surface area contributed by atoms with Gasteiger partial charge in [-0.15, -0.1) is 11.8 Å². The van der Waals surface area contributed by atoms with Gasteiger partial charge in [0.2, 0.25) is 5.91 Å². The standard InChI is InChI=1S/C29H41NO4/c1-7-8-11-19(2)23(31)17-16-21-24(32)18-25-27(21)22-14-9-12-20(28(22)34-25)13-10-15-26(33)30(6)29(3,4)5/h9,12,14,16-17,19,21,23-25,27,31-32H,10-11,13,15,18H2,1-6H3/b17-16+/t19-,21+,23-,24-,25+,27+/m1/s1. The van der Waals surface area contributed by atoms with Gasteiger partial charge < -0.3 is 19.8 Å². The zero-order valence-corrected chi connectivity index (χ0v) is 21.5. The van der Waals surface area contributed by atoms with E-state index in [1.165, 1.54) is 0 Å². The van der Waals surface area contributed by atoms with Crippen LogP contribution in [-0.2, 0) is 11.2 Å². The Balaban J connectivity index is 1.68. The van der Waals surface area contributed by atoms with E-state index in [0.717, 1.165) is 29.7 Å². The molecule has 1 aromatic rings. The minimum Gasteiger partial charge on any atom is -0.489 e. The maximum absolute atomic E-state index is 12.5. The van der Waals surface area contributed by atoms with Gasteiger partial charge in [-0.3, -0.25) is 4.79 Å². The third kappa shape index (κ3) is 5.85. The van der Waals surface area contributed by atoms with E-state index < -0.39 is 12.2 Å². The highest BCUT2D eigenvalue weighted by atomic mass is 16.5. The molecule has 2 N–H and O–H groups in total. The van der Waals surface area contributed by atoms with Gasteiger partial charge in [-0.1, -0.05) is 37.3 Å². The van der Waals surface area contributed by atoms with Crippen LogP contribution in [0.4, 0.5) is 0 Å². The van der Waals surface area contributed by atoms with Gasteiger partial charge >= 0.3 is 0 Å². The molecule has 5 heteroatoms. The van der Waals surface area contributed by atoms with E-state index >= 15 is 0 Å². The second kappa shape index (κ2) is 11.0. The van der Waals surface area contributed by atoms with Crippen LogP contribution in [0.1, 0.15) is 77.3 Å². The van der Waals surface area contributed by atoms with E-state index in [-0.39, 0.29) is 35.3 Å². The number of rotatable bonds is 8. The third-order valence-corrected chi connectivity index (χ3v) is 7.42. The molecule has 5 nitrogen and oxygen atoms in total. The molecule has 1 saturated carbocycles. The second-order valence-electron chi connectivity index (χ2n) is 10.9. The zero-order chi connectivity index (χ0) is 25.0. The number of hydrogen-bond donors (Lipinski definition) is 2. The van der Waals surface area contributed by atoms with Gasteiger partial charge in [0, 0.05) is 49.2 Å². The third-order valence-electron chi connectivity index (χ3n) is 7.42. The van der Waals surface area contributed by atoms with Gasteiger partial charge in [-0.25, -0.2) is 0 Å². The summed E-state index contributed by atoms with van der Waals surface area (Å²) in [6.07, 6.45) is 5.92. The highest BCUT2D eigenvalue weighted by Crippen LogP contribution is 2.52. The van der Waals surface area contributed by atoms with Gasteiger partial charge in [-0.05, 0) is 52.0 Å². The summed E-state index contributed by atoms with van der Waals surface area (Å²) in [7, 11) is 1.86. The second-order valence-corrected chi connectivity index (χ2v) is 10.9. The van der Waals surface area contributed by atoms with E-state index in [2.05, 4.69) is 30.0 Å². The van der Waals surface area contributed by atoms with Gasteiger partial charge in [0.05, 0.1) is 12.2 Å². The quantitative estimate of drug-likeness (QED) is 0.438. The molecule has 0 radical (unpaired) electrons. The molecule has 0 saturated heterocycles. The van der Waals surface area contributed by atoms with Gasteiger partial charge in [0.1, 0.15) is 11.9 Å². The van der Waals surface area contributed by atoms with Gasteiger partial charge in [0.25, 0.3) is 0 Å². The van der Waals surface area contributed by atoms with Crippen LogP contribution < -0.4 is 4.74 Å². The topological polar surface area (TPSA) is 70.0 Å². The molecule has 1 aliphatic heterocycles. The number of aryl methyl sites for hydroxylation is 1. The Kier molecular flexibility index (Phi) is 8.49. The van der Waals surface area contributed by atoms with Crippen molar-refractivity contribution >= 4 is 5.91 Å². The van der Waals surface area contributed by atoms with Crippen molar-refractivity contribution in [2.24, 2.45) is 11.8 Å².